The van der Waals surface area contributed by atoms with Gasteiger partial charge in [0, 0.05) is 17.6 Å². The molecule has 0 saturated heterocycles. The molecule has 18 heavy (non-hydrogen) atoms. The summed E-state index contributed by atoms with van der Waals surface area (Å²) in [5, 5.41) is 7.88. The van der Waals surface area contributed by atoms with Gasteiger partial charge < -0.3 is 11.1 Å². The molecule has 0 saturated carbocycles. The average molecular weight is 309 g/mol. The number of rotatable bonds is 4. The molecule has 0 fully saturated rings. The first-order chi connectivity index (χ1) is 8.63. The normalized spacial score (nSPS) is 10.7. The number of aromatic nitrogens is 2. The van der Waals surface area contributed by atoms with Crippen LogP contribution in [0, 0.1) is 13.8 Å². The first-order valence-corrected chi connectivity index (χ1v) is 6.69. The Morgan fingerprint density at radius 3 is 2.83 bits per heavy atom. The summed E-state index contributed by atoms with van der Waals surface area (Å²) in [5.41, 5.74) is 9.72. The van der Waals surface area contributed by atoms with Crippen LogP contribution in [0.15, 0.2) is 28.7 Å². The van der Waals surface area contributed by atoms with Crippen LogP contribution >= 0.6 is 15.9 Å². The van der Waals surface area contributed by atoms with Crippen molar-refractivity contribution in [3.63, 3.8) is 0 Å². The Morgan fingerprint density at radius 2 is 2.17 bits per heavy atom. The van der Waals surface area contributed by atoms with Crippen LogP contribution in [0.25, 0.3) is 5.69 Å². The van der Waals surface area contributed by atoms with Crippen molar-refractivity contribution < 1.29 is 0 Å². The molecule has 0 aliphatic heterocycles. The molecule has 4 nitrogen and oxygen atoms in total. The molecule has 96 valence electrons. The van der Waals surface area contributed by atoms with Gasteiger partial charge in [-0.05, 0) is 32.0 Å². The SMILES string of the molecule is Cc1nn(-c2cccc(Br)c2)c(C)c1NCCN. The van der Waals surface area contributed by atoms with E-state index in [1.165, 1.54) is 0 Å². The number of nitrogens with one attached hydrogen (secondary N) is 1. The maximum Gasteiger partial charge on any atom is 0.0832 e. The lowest BCUT2D eigenvalue weighted by molar-refractivity contribution is 0.833. The monoisotopic (exact) mass is 308 g/mol. The van der Waals surface area contributed by atoms with Crippen molar-refractivity contribution in [3.8, 4) is 5.69 Å². The van der Waals surface area contributed by atoms with Gasteiger partial charge in [-0.1, -0.05) is 22.0 Å². The van der Waals surface area contributed by atoms with Crippen LogP contribution in [0.3, 0.4) is 0 Å². The van der Waals surface area contributed by atoms with Gasteiger partial charge >= 0.3 is 0 Å². The van der Waals surface area contributed by atoms with Crippen molar-refractivity contribution in [2.24, 2.45) is 5.73 Å². The second-order valence-electron chi connectivity index (χ2n) is 4.15. The fraction of sp³-hybridized carbons (Fsp3) is 0.308. The average Bonchev–Trinajstić information content (AvgIpc) is 2.63. The van der Waals surface area contributed by atoms with Crippen molar-refractivity contribution in [2.45, 2.75) is 13.8 Å². The topological polar surface area (TPSA) is 55.9 Å². The Bertz CT molecular complexity index is 548. The highest BCUT2D eigenvalue weighted by Crippen LogP contribution is 2.23. The van der Waals surface area contributed by atoms with Gasteiger partial charge in [0.05, 0.1) is 22.8 Å². The second kappa shape index (κ2) is 5.54. The highest BCUT2D eigenvalue weighted by molar-refractivity contribution is 9.10. The molecule has 5 heteroatoms. The number of hydrogen-bond donors (Lipinski definition) is 2. The van der Waals surface area contributed by atoms with Crippen molar-refractivity contribution in [3.05, 3.63) is 40.1 Å². The molecule has 0 radical (unpaired) electrons. The van der Waals surface area contributed by atoms with Crippen LogP contribution < -0.4 is 11.1 Å². The van der Waals surface area contributed by atoms with Crippen LogP contribution in [0.5, 0.6) is 0 Å². The van der Waals surface area contributed by atoms with E-state index in [1.807, 2.05) is 35.9 Å². The Labute approximate surface area is 115 Å². The van der Waals surface area contributed by atoms with E-state index in [2.05, 4.69) is 33.3 Å². The minimum atomic E-state index is 0.612. The van der Waals surface area contributed by atoms with E-state index in [0.29, 0.717) is 6.54 Å². The van der Waals surface area contributed by atoms with E-state index < -0.39 is 0 Å². The highest BCUT2D eigenvalue weighted by atomic mass is 79.9. The molecule has 3 N–H and O–H groups in total. The summed E-state index contributed by atoms with van der Waals surface area (Å²) in [5.74, 6) is 0. The standard InChI is InChI=1S/C13H17BrN4/c1-9-13(16-7-6-15)10(2)18(17-9)12-5-3-4-11(14)8-12/h3-5,8,16H,6-7,15H2,1-2H3. The van der Waals surface area contributed by atoms with E-state index in [-0.39, 0.29) is 0 Å². The molecule has 1 aromatic carbocycles. The lowest BCUT2D eigenvalue weighted by atomic mass is 10.3. The molecule has 2 aromatic rings. The number of aryl methyl sites for hydroxylation is 1. The number of nitrogens with zero attached hydrogens (tertiary/aromatic N) is 2. The third-order valence-electron chi connectivity index (χ3n) is 2.79. The molecule has 0 spiro atoms. The largest absolute Gasteiger partial charge is 0.381 e. The fourth-order valence-electron chi connectivity index (χ4n) is 1.95. The van der Waals surface area contributed by atoms with Crippen LogP contribution in [-0.4, -0.2) is 22.9 Å². The van der Waals surface area contributed by atoms with E-state index in [1.54, 1.807) is 0 Å². The van der Waals surface area contributed by atoms with Crippen molar-refractivity contribution >= 4 is 21.6 Å². The Hall–Kier alpha value is -1.33. The zero-order chi connectivity index (χ0) is 13.1. The van der Waals surface area contributed by atoms with Gasteiger partial charge in [-0.25, -0.2) is 4.68 Å². The number of halogens is 1. The minimum Gasteiger partial charge on any atom is -0.381 e. The fourth-order valence-corrected chi connectivity index (χ4v) is 2.34. The Morgan fingerprint density at radius 1 is 1.39 bits per heavy atom. The maximum absolute atomic E-state index is 5.52. The molecule has 1 aromatic heterocycles. The number of hydrogen-bond acceptors (Lipinski definition) is 3. The van der Waals surface area contributed by atoms with Gasteiger partial charge in [0.1, 0.15) is 0 Å². The third kappa shape index (κ3) is 2.57. The predicted molar refractivity (Wildman–Crippen MR) is 78.3 cm³/mol. The van der Waals surface area contributed by atoms with Crippen molar-refractivity contribution in [1.29, 1.82) is 0 Å². The summed E-state index contributed by atoms with van der Waals surface area (Å²) in [4.78, 5) is 0. The molecule has 0 bridgehead atoms. The van der Waals surface area contributed by atoms with Crippen molar-refractivity contribution in [1.82, 2.24) is 9.78 Å². The van der Waals surface area contributed by atoms with E-state index >= 15 is 0 Å². The Kier molecular flexibility index (Phi) is 4.04. The molecule has 0 amide bonds. The van der Waals surface area contributed by atoms with Crippen LogP contribution in [0.1, 0.15) is 11.4 Å². The first kappa shape index (κ1) is 13.1. The summed E-state index contributed by atoms with van der Waals surface area (Å²) in [7, 11) is 0. The summed E-state index contributed by atoms with van der Waals surface area (Å²) in [6.45, 7) is 5.42. The summed E-state index contributed by atoms with van der Waals surface area (Å²) < 4.78 is 2.99. The zero-order valence-corrected chi connectivity index (χ0v) is 12.2. The third-order valence-corrected chi connectivity index (χ3v) is 3.28. The minimum absolute atomic E-state index is 0.612. The van der Waals surface area contributed by atoms with Gasteiger partial charge in [-0.2, -0.15) is 5.10 Å². The maximum atomic E-state index is 5.52. The van der Waals surface area contributed by atoms with E-state index in [9.17, 15) is 0 Å². The smallest absolute Gasteiger partial charge is 0.0832 e. The van der Waals surface area contributed by atoms with Gasteiger partial charge in [-0.3, -0.25) is 0 Å². The molecule has 0 aliphatic rings. The second-order valence-corrected chi connectivity index (χ2v) is 5.07. The van der Waals surface area contributed by atoms with Crippen molar-refractivity contribution in [2.75, 3.05) is 18.4 Å². The lowest BCUT2D eigenvalue weighted by Crippen LogP contribution is -2.14. The summed E-state index contributed by atoms with van der Waals surface area (Å²) in [6, 6.07) is 8.09. The van der Waals surface area contributed by atoms with E-state index in [4.69, 9.17) is 5.73 Å². The van der Waals surface area contributed by atoms with Gasteiger partial charge in [0.25, 0.3) is 0 Å². The molecule has 1 heterocycles. The predicted octanol–water partition coefficient (Wildman–Crippen LogP) is 2.62. The number of anilines is 1. The van der Waals surface area contributed by atoms with Gasteiger partial charge in [0.2, 0.25) is 0 Å². The highest BCUT2D eigenvalue weighted by Gasteiger charge is 2.12. The molecule has 0 atom stereocenters. The van der Waals surface area contributed by atoms with Gasteiger partial charge in [-0.15, -0.1) is 0 Å². The quantitative estimate of drug-likeness (QED) is 0.913. The van der Waals surface area contributed by atoms with Crippen LogP contribution in [-0.2, 0) is 0 Å². The summed E-state index contributed by atoms with van der Waals surface area (Å²) in [6.07, 6.45) is 0. The van der Waals surface area contributed by atoms with Crippen LogP contribution in [0.2, 0.25) is 0 Å². The molecular formula is C13H17BrN4. The zero-order valence-electron chi connectivity index (χ0n) is 10.6. The lowest BCUT2D eigenvalue weighted by Gasteiger charge is -2.07. The Balaban J connectivity index is 2.40. The molecule has 0 unspecified atom stereocenters. The number of benzene rings is 1. The van der Waals surface area contributed by atoms with E-state index in [0.717, 1.165) is 33.8 Å². The molecule has 0 aliphatic carbocycles. The van der Waals surface area contributed by atoms with Crippen LogP contribution in [0.4, 0.5) is 5.69 Å². The summed E-state index contributed by atoms with van der Waals surface area (Å²) >= 11 is 3.48. The number of nitrogens with two attached hydrogens (primary N) is 1. The van der Waals surface area contributed by atoms with Gasteiger partial charge in [0.15, 0.2) is 0 Å². The first-order valence-electron chi connectivity index (χ1n) is 5.89. The molecule has 2 rings (SSSR count). The molecular weight excluding hydrogens is 292 g/mol.